The Kier molecular flexibility index (Phi) is 4.39. The Morgan fingerprint density at radius 1 is 1.29 bits per heavy atom. The fraction of sp³-hybridized carbons (Fsp3) is 0.611. The molecular weight excluding hydrogens is 322 g/mol. The summed E-state index contributed by atoms with van der Waals surface area (Å²) >= 11 is 1.73. The summed E-state index contributed by atoms with van der Waals surface area (Å²) in [5, 5.41) is 4.15. The van der Waals surface area contributed by atoms with E-state index in [1.807, 2.05) is 0 Å². The molecule has 1 amide bonds. The van der Waals surface area contributed by atoms with Crippen molar-refractivity contribution in [3.05, 3.63) is 16.8 Å². The average molecular weight is 345 g/mol. The van der Waals surface area contributed by atoms with Gasteiger partial charge < -0.3 is 10.1 Å². The minimum absolute atomic E-state index is 0.0277. The van der Waals surface area contributed by atoms with E-state index in [-0.39, 0.29) is 18.6 Å². The minimum atomic E-state index is -0.0487. The summed E-state index contributed by atoms with van der Waals surface area (Å²) in [5.74, 6) is 1.06. The van der Waals surface area contributed by atoms with Crippen LogP contribution in [0.1, 0.15) is 49.5 Å². The molecule has 0 radical (unpaired) electrons. The van der Waals surface area contributed by atoms with Gasteiger partial charge in [-0.3, -0.25) is 4.79 Å². The van der Waals surface area contributed by atoms with E-state index >= 15 is 0 Å². The number of ether oxygens (including phenoxy) is 1. The first-order chi connectivity index (χ1) is 11.7. The zero-order valence-corrected chi connectivity index (χ0v) is 14.8. The van der Waals surface area contributed by atoms with E-state index < -0.39 is 0 Å². The lowest BCUT2D eigenvalue weighted by Gasteiger charge is -2.29. The number of carbonyl (C=O) groups is 1. The second-order valence-electron chi connectivity index (χ2n) is 6.94. The van der Waals surface area contributed by atoms with Gasteiger partial charge in [0.25, 0.3) is 5.91 Å². The van der Waals surface area contributed by atoms with Gasteiger partial charge in [0.05, 0.1) is 5.39 Å². The van der Waals surface area contributed by atoms with Crippen LogP contribution in [0.4, 0.5) is 0 Å². The van der Waals surface area contributed by atoms with Crippen molar-refractivity contribution in [1.82, 2.24) is 15.3 Å². The number of thiophene rings is 1. The first-order valence-electron chi connectivity index (χ1n) is 8.90. The molecule has 2 heterocycles. The molecule has 5 nitrogen and oxygen atoms in total. The first-order valence-corrected chi connectivity index (χ1v) is 9.71. The molecule has 1 fully saturated rings. The van der Waals surface area contributed by atoms with Crippen molar-refractivity contribution < 1.29 is 9.53 Å². The van der Waals surface area contributed by atoms with Gasteiger partial charge >= 0.3 is 0 Å². The van der Waals surface area contributed by atoms with Crippen LogP contribution in [0.2, 0.25) is 0 Å². The summed E-state index contributed by atoms with van der Waals surface area (Å²) in [5.41, 5.74) is 1.33. The highest BCUT2D eigenvalue weighted by atomic mass is 32.1. The smallest absolute Gasteiger partial charge is 0.258 e. The molecule has 0 unspecified atom stereocenters. The number of nitrogens with zero attached hydrogens (tertiary/aromatic N) is 2. The highest BCUT2D eigenvalue weighted by molar-refractivity contribution is 7.18. The third-order valence-electron chi connectivity index (χ3n) is 5.26. The Morgan fingerprint density at radius 2 is 2.17 bits per heavy atom. The van der Waals surface area contributed by atoms with E-state index in [2.05, 4.69) is 22.2 Å². The monoisotopic (exact) mass is 345 g/mol. The van der Waals surface area contributed by atoms with Crippen molar-refractivity contribution in [2.24, 2.45) is 5.92 Å². The number of aryl methyl sites for hydroxylation is 2. The van der Waals surface area contributed by atoms with E-state index in [1.165, 1.54) is 42.5 Å². The molecule has 0 aromatic carbocycles. The third-order valence-corrected chi connectivity index (χ3v) is 6.46. The summed E-state index contributed by atoms with van der Waals surface area (Å²) < 4.78 is 5.78. The normalized spacial score (nSPS) is 23.2. The molecule has 24 heavy (non-hydrogen) atoms. The topological polar surface area (TPSA) is 64.1 Å². The van der Waals surface area contributed by atoms with Crippen molar-refractivity contribution in [1.29, 1.82) is 0 Å². The van der Waals surface area contributed by atoms with Gasteiger partial charge in [-0.1, -0.05) is 19.8 Å². The van der Waals surface area contributed by atoms with Crippen molar-refractivity contribution in [3.8, 4) is 5.88 Å². The molecule has 0 spiro atoms. The van der Waals surface area contributed by atoms with E-state index in [1.54, 1.807) is 11.3 Å². The molecule has 6 heteroatoms. The van der Waals surface area contributed by atoms with Gasteiger partial charge in [-0.05, 0) is 43.6 Å². The van der Waals surface area contributed by atoms with Crippen molar-refractivity contribution in [3.63, 3.8) is 0 Å². The average Bonchev–Trinajstić information content (AvgIpc) is 3.16. The van der Waals surface area contributed by atoms with E-state index in [9.17, 15) is 4.79 Å². The van der Waals surface area contributed by atoms with Gasteiger partial charge in [0, 0.05) is 10.9 Å². The van der Waals surface area contributed by atoms with E-state index in [4.69, 9.17) is 4.74 Å². The summed E-state index contributed by atoms with van der Waals surface area (Å²) in [6.45, 7) is 2.24. The molecular formula is C18H23N3O2S. The molecule has 0 saturated heterocycles. The SMILES string of the molecule is C[C@H]1CCCC[C@@H]1NC(=O)COc1ncnc2sc3c(c12)CCC3. The molecule has 0 aliphatic heterocycles. The highest BCUT2D eigenvalue weighted by Crippen LogP contribution is 2.39. The number of hydrogen-bond acceptors (Lipinski definition) is 5. The number of rotatable bonds is 4. The number of fused-ring (bicyclic) bond motifs is 3. The molecule has 2 aliphatic rings. The van der Waals surface area contributed by atoms with E-state index in [0.29, 0.717) is 11.8 Å². The predicted octanol–water partition coefficient (Wildman–Crippen LogP) is 3.25. The standard InChI is InChI=1S/C18H23N3O2S/c1-11-5-2-3-7-13(11)21-15(22)9-23-17-16-12-6-4-8-14(12)24-18(16)20-10-19-17/h10-11,13H,2-9H2,1H3,(H,21,22)/t11-,13-/m0/s1. The van der Waals surface area contributed by atoms with Crippen LogP contribution < -0.4 is 10.1 Å². The largest absolute Gasteiger partial charge is 0.467 e. The Bertz CT molecular complexity index is 758. The van der Waals surface area contributed by atoms with Crippen molar-refractivity contribution in [2.75, 3.05) is 6.61 Å². The second kappa shape index (κ2) is 6.67. The van der Waals surface area contributed by atoms with Gasteiger partial charge in [0.15, 0.2) is 6.61 Å². The number of carbonyl (C=O) groups excluding carboxylic acids is 1. The Balaban J connectivity index is 1.44. The van der Waals surface area contributed by atoms with Gasteiger partial charge in [0.1, 0.15) is 11.2 Å². The number of hydrogen-bond donors (Lipinski definition) is 1. The van der Waals surface area contributed by atoms with Gasteiger partial charge in [0.2, 0.25) is 5.88 Å². The maximum Gasteiger partial charge on any atom is 0.258 e. The Labute approximate surface area is 145 Å². The van der Waals surface area contributed by atoms with E-state index in [0.717, 1.165) is 29.5 Å². The maximum atomic E-state index is 12.3. The first kappa shape index (κ1) is 15.8. The number of nitrogens with one attached hydrogen (secondary N) is 1. The molecule has 2 aromatic heterocycles. The van der Waals surface area contributed by atoms with Crippen LogP contribution >= 0.6 is 11.3 Å². The molecule has 2 aromatic rings. The van der Waals surface area contributed by atoms with Crippen molar-refractivity contribution >= 4 is 27.5 Å². The zero-order chi connectivity index (χ0) is 16.5. The van der Waals surface area contributed by atoms with Crippen LogP contribution in [0, 0.1) is 5.92 Å². The fourth-order valence-corrected chi connectivity index (χ4v) is 5.14. The highest BCUT2D eigenvalue weighted by Gasteiger charge is 2.24. The lowest BCUT2D eigenvalue weighted by atomic mass is 9.86. The van der Waals surface area contributed by atoms with Gasteiger partial charge in [-0.2, -0.15) is 0 Å². The van der Waals surface area contributed by atoms with Crippen molar-refractivity contribution in [2.45, 2.75) is 57.9 Å². The lowest BCUT2D eigenvalue weighted by Crippen LogP contribution is -2.43. The van der Waals surface area contributed by atoms with Crippen LogP contribution in [0.25, 0.3) is 10.2 Å². The van der Waals surface area contributed by atoms with Crippen LogP contribution in [0.3, 0.4) is 0 Å². The molecule has 0 bridgehead atoms. The summed E-state index contributed by atoms with van der Waals surface area (Å²) in [6, 6.07) is 0.283. The lowest BCUT2D eigenvalue weighted by molar-refractivity contribution is -0.124. The molecule has 1 N–H and O–H groups in total. The molecule has 2 aliphatic carbocycles. The number of aromatic nitrogens is 2. The summed E-state index contributed by atoms with van der Waals surface area (Å²) in [7, 11) is 0. The fourth-order valence-electron chi connectivity index (χ4n) is 3.92. The number of amides is 1. The third kappa shape index (κ3) is 2.99. The second-order valence-corrected chi connectivity index (χ2v) is 8.02. The van der Waals surface area contributed by atoms with Crippen LogP contribution in [0.15, 0.2) is 6.33 Å². The molecule has 128 valence electrons. The molecule has 4 rings (SSSR count). The zero-order valence-electron chi connectivity index (χ0n) is 14.0. The quantitative estimate of drug-likeness (QED) is 0.924. The molecule has 1 saturated carbocycles. The van der Waals surface area contributed by atoms with Crippen LogP contribution in [-0.2, 0) is 17.6 Å². The van der Waals surface area contributed by atoms with Crippen LogP contribution in [0.5, 0.6) is 5.88 Å². The minimum Gasteiger partial charge on any atom is -0.467 e. The van der Waals surface area contributed by atoms with Gasteiger partial charge in [-0.15, -0.1) is 11.3 Å². The Morgan fingerprint density at radius 3 is 3.04 bits per heavy atom. The predicted molar refractivity (Wildman–Crippen MR) is 94.5 cm³/mol. The maximum absolute atomic E-state index is 12.3. The Hall–Kier alpha value is -1.69. The molecule has 2 atom stereocenters. The van der Waals surface area contributed by atoms with Crippen LogP contribution in [-0.4, -0.2) is 28.5 Å². The summed E-state index contributed by atoms with van der Waals surface area (Å²) in [4.78, 5) is 23.3. The van der Waals surface area contributed by atoms with Gasteiger partial charge in [-0.25, -0.2) is 9.97 Å². The summed E-state index contributed by atoms with van der Waals surface area (Å²) in [6.07, 6.45) is 9.63.